The van der Waals surface area contributed by atoms with E-state index in [4.69, 9.17) is 14.6 Å². The van der Waals surface area contributed by atoms with Crippen molar-refractivity contribution in [2.75, 3.05) is 19.8 Å². The predicted octanol–water partition coefficient (Wildman–Crippen LogP) is 7.78. The maximum Gasteiger partial charge on any atom is 0.204 e. The molecule has 1 aliphatic heterocycles. The van der Waals surface area contributed by atoms with Crippen LogP contribution in [0.4, 0.5) is 17.6 Å². The van der Waals surface area contributed by atoms with Gasteiger partial charge in [-0.1, -0.05) is 37.6 Å². The van der Waals surface area contributed by atoms with E-state index in [0.29, 0.717) is 0 Å². The molecule has 2 heterocycles. The summed E-state index contributed by atoms with van der Waals surface area (Å²) in [4.78, 5) is 4.00. The predicted molar refractivity (Wildman–Crippen MR) is 141 cm³/mol. The van der Waals surface area contributed by atoms with Gasteiger partial charge in [0.1, 0.15) is 5.75 Å². The Hall–Kier alpha value is -2.66. The van der Waals surface area contributed by atoms with Crippen molar-refractivity contribution in [2.45, 2.75) is 32.6 Å². The molecule has 0 bridgehead atoms. The van der Waals surface area contributed by atoms with Crippen LogP contribution in [0.15, 0.2) is 48.8 Å². The lowest BCUT2D eigenvalue weighted by atomic mass is 10.1. The molecule has 0 spiro atoms. The van der Waals surface area contributed by atoms with Gasteiger partial charge < -0.3 is 14.6 Å². The Bertz CT molecular complexity index is 980. The van der Waals surface area contributed by atoms with Gasteiger partial charge in [-0.05, 0) is 77.2 Å². The molecule has 0 saturated carbocycles. The monoisotopic (exact) mass is 617 g/mol. The van der Waals surface area contributed by atoms with Crippen molar-refractivity contribution >= 4 is 34.7 Å². The number of phenols is 1. The Morgan fingerprint density at radius 3 is 1.89 bits per heavy atom. The summed E-state index contributed by atoms with van der Waals surface area (Å²) in [6.45, 7) is 4.96. The third-order valence-electron chi connectivity index (χ3n) is 4.84. The Morgan fingerprint density at radius 2 is 1.42 bits per heavy atom. The molecule has 3 aromatic rings. The summed E-state index contributed by atoms with van der Waals surface area (Å²) in [5, 5.41) is 8.46. The zero-order valence-electron chi connectivity index (χ0n) is 19.8. The van der Waals surface area contributed by atoms with Crippen LogP contribution in [0.25, 0.3) is 12.2 Å². The van der Waals surface area contributed by atoms with Crippen LogP contribution in [0.5, 0.6) is 11.5 Å². The number of ether oxygens (including phenoxy) is 2. The molecular formula is C27H28F4INO3. The van der Waals surface area contributed by atoms with Gasteiger partial charge in [-0.2, -0.15) is 8.78 Å². The number of hydrogen-bond donors (Lipinski definition) is 1. The Morgan fingerprint density at radius 1 is 0.889 bits per heavy atom. The van der Waals surface area contributed by atoms with Crippen molar-refractivity contribution in [1.29, 1.82) is 0 Å². The van der Waals surface area contributed by atoms with Crippen LogP contribution in [0.3, 0.4) is 0 Å². The van der Waals surface area contributed by atoms with E-state index in [1.54, 1.807) is 12.4 Å². The minimum atomic E-state index is -1.78. The molecule has 9 heteroatoms. The Balaban J connectivity index is 0.000000227. The molecule has 36 heavy (non-hydrogen) atoms. The third kappa shape index (κ3) is 9.77. The first-order valence-electron chi connectivity index (χ1n) is 11.4. The van der Waals surface area contributed by atoms with Gasteiger partial charge in [0, 0.05) is 25.6 Å². The summed E-state index contributed by atoms with van der Waals surface area (Å²) in [5.74, 6) is -7.43. The molecule has 0 radical (unpaired) electrons. The zero-order chi connectivity index (χ0) is 26.3. The van der Waals surface area contributed by atoms with Crippen molar-refractivity contribution in [2.24, 2.45) is 0 Å². The topological polar surface area (TPSA) is 51.6 Å². The van der Waals surface area contributed by atoms with E-state index in [9.17, 15) is 17.6 Å². The molecule has 4 nitrogen and oxygen atoms in total. The Kier molecular flexibility index (Phi) is 13.3. The van der Waals surface area contributed by atoms with Gasteiger partial charge >= 0.3 is 0 Å². The molecule has 1 saturated heterocycles. The fourth-order valence-corrected chi connectivity index (χ4v) is 3.25. The first kappa shape index (κ1) is 29.6. The second-order valence-electron chi connectivity index (χ2n) is 7.62. The highest BCUT2D eigenvalue weighted by molar-refractivity contribution is 14.1. The van der Waals surface area contributed by atoms with Gasteiger partial charge in [-0.3, -0.25) is 4.98 Å². The minimum Gasteiger partial charge on any atom is -0.503 e. The smallest absolute Gasteiger partial charge is 0.204 e. The summed E-state index contributed by atoms with van der Waals surface area (Å²) in [6, 6.07) is 12.1. The highest BCUT2D eigenvalue weighted by Crippen LogP contribution is 2.29. The number of pyridine rings is 1. The SMILES string of the molecule is C1CCOC1.CCCCOc1ccc(/C=C/c2ccncc2)cc1.Oc1c(F)c(F)c(I)c(F)c1F. The molecule has 0 atom stereocenters. The van der Waals surface area contributed by atoms with E-state index in [1.165, 1.54) is 18.4 Å². The lowest BCUT2D eigenvalue weighted by Gasteiger charge is -2.05. The lowest BCUT2D eigenvalue weighted by Crippen LogP contribution is -1.98. The average molecular weight is 617 g/mol. The van der Waals surface area contributed by atoms with Crippen molar-refractivity contribution in [1.82, 2.24) is 4.98 Å². The third-order valence-corrected chi connectivity index (χ3v) is 5.78. The quantitative estimate of drug-likeness (QED) is 0.101. The molecule has 1 fully saturated rings. The normalized spacial score (nSPS) is 12.5. The fourth-order valence-electron chi connectivity index (χ4n) is 2.78. The van der Waals surface area contributed by atoms with Crippen molar-refractivity contribution < 1.29 is 32.1 Å². The largest absolute Gasteiger partial charge is 0.503 e. The number of halogens is 5. The second-order valence-corrected chi connectivity index (χ2v) is 8.70. The number of rotatable bonds is 6. The second kappa shape index (κ2) is 16.2. The molecule has 0 unspecified atom stereocenters. The van der Waals surface area contributed by atoms with Gasteiger partial charge in [0.05, 0.1) is 10.2 Å². The van der Waals surface area contributed by atoms with Crippen LogP contribution in [0.1, 0.15) is 43.7 Å². The van der Waals surface area contributed by atoms with Crippen molar-refractivity contribution in [3.8, 4) is 11.5 Å². The number of hydrogen-bond acceptors (Lipinski definition) is 4. The minimum absolute atomic E-state index is 0.794. The summed E-state index contributed by atoms with van der Waals surface area (Å²) >= 11 is 1.10. The summed E-state index contributed by atoms with van der Waals surface area (Å²) < 4.78 is 59.5. The highest BCUT2D eigenvalue weighted by Gasteiger charge is 2.23. The van der Waals surface area contributed by atoms with Crippen LogP contribution in [0.2, 0.25) is 0 Å². The molecule has 194 valence electrons. The van der Waals surface area contributed by atoms with Crippen LogP contribution >= 0.6 is 22.6 Å². The van der Waals surface area contributed by atoms with Gasteiger partial charge in [0.25, 0.3) is 0 Å². The summed E-state index contributed by atoms with van der Waals surface area (Å²) in [5.41, 5.74) is 2.32. The molecular weight excluding hydrogens is 589 g/mol. The van der Waals surface area contributed by atoms with E-state index < -0.39 is 32.6 Å². The zero-order valence-corrected chi connectivity index (χ0v) is 22.0. The van der Waals surface area contributed by atoms with Crippen molar-refractivity contribution in [3.05, 3.63) is 86.8 Å². The van der Waals surface area contributed by atoms with Crippen LogP contribution < -0.4 is 4.74 Å². The molecule has 2 aromatic carbocycles. The van der Waals surface area contributed by atoms with E-state index in [-0.39, 0.29) is 0 Å². The highest BCUT2D eigenvalue weighted by atomic mass is 127. The Labute approximate surface area is 222 Å². The molecule has 1 N–H and O–H groups in total. The molecule has 1 aromatic heterocycles. The number of nitrogens with zero attached hydrogens (tertiary/aromatic N) is 1. The first-order valence-corrected chi connectivity index (χ1v) is 12.5. The van der Waals surface area contributed by atoms with E-state index in [1.807, 2.05) is 24.3 Å². The standard InChI is InChI=1S/C17H19NO.C6HF4IO.C4H8O/c1-2-3-14-19-17-8-6-15(7-9-17)4-5-16-10-12-18-13-11-16;7-1-3(9)6(12)4(10)2(8)5(1)11;1-2-4-5-3-1/h4-13H,2-3,14H2,1H3;12H;1-4H2/b5-4+;;. The fraction of sp³-hybridized carbons (Fsp3) is 0.296. The van der Waals surface area contributed by atoms with E-state index in [0.717, 1.165) is 66.6 Å². The number of unbranched alkanes of at least 4 members (excludes halogenated alkanes) is 1. The van der Waals surface area contributed by atoms with E-state index >= 15 is 0 Å². The molecule has 4 rings (SSSR count). The van der Waals surface area contributed by atoms with Crippen LogP contribution in [-0.4, -0.2) is 29.9 Å². The number of benzene rings is 2. The summed E-state index contributed by atoms with van der Waals surface area (Å²) in [7, 11) is 0. The maximum atomic E-state index is 12.5. The molecule has 0 aliphatic carbocycles. The number of phenolic OH excluding ortho intramolecular Hbond substituents is 1. The van der Waals surface area contributed by atoms with Gasteiger partial charge in [-0.25, -0.2) is 8.78 Å². The molecule has 0 amide bonds. The van der Waals surface area contributed by atoms with Gasteiger partial charge in [0.15, 0.2) is 17.4 Å². The van der Waals surface area contributed by atoms with Crippen LogP contribution in [0, 0.1) is 26.8 Å². The van der Waals surface area contributed by atoms with Crippen LogP contribution in [-0.2, 0) is 4.74 Å². The van der Waals surface area contributed by atoms with Crippen molar-refractivity contribution in [3.63, 3.8) is 0 Å². The van der Waals surface area contributed by atoms with E-state index in [2.05, 4.69) is 36.2 Å². The van der Waals surface area contributed by atoms with Gasteiger partial charge in [0.2, 0.25) is 11.6 Å². The first-order chi connectivity index (χ1) is 17.3. The van der Waals surface area contributed by atoms with Gasteiger partial charge in [-0.15, -0.1) is 0 Å². The number of aromatic hydroxyl groups is 1. The maximum absolute atomic E-state index is 12.5. The average Bonchev–Trinajstić information content (AvgIpc) is 3.51. The number of aromatic nitrogens is 1. The lowest BCUT2D eigenvalue weighted by molar-refractivity contribution is 0.198. The molecule has 1 aliphatic rings. The summed E-state index contributed by atoms with van der Waals surface area (Å²) in [6.07, 6.45) is 12.6.